The van der Waals surface area contributed by atoms with E-state index < -0.39 is 0 Å². The lowest BCUT2D eigenvalue weighted by Crippen LogP contribution is -2.19. The maximum Gasteiger partial charge on any atom is 0.123 e. The van der Waals surface area contributed by atoms with Gasteiger partial charge in [0.2, 0.25) is 0 Å². The first-order valence-corrected chi connectivity index (χ1v) is 7.10. The molecule has 0 aromatic heterocycles. The molecule has 0 atom stereocenters. The average Bonchev–Trinajstić information content (AvgIpc) is 2.31. The fourth-order valence-electron chi connectivity index (χ4n) is 1.56. The van der Waals surface area contributed by atoms with Crippen molar-refractivity contribution in [3.05, 3.63) is 28.2 Å². The molecule has 1 aromatic carbocycles. The molecule has 0 aliphatic rings. The lowest BCUT2D eigenvalue weighted by Gasteiger charge is -2.13. The Morgan fingerprint density at radius 3 is 2.83 bits per heavy atom. The lowest BCUT2D eigenvalue weighted by atomic mass is 10.2. The van der Waals surface area contributed by atoms with Crippen molar-refractivity contribution in [1.29, 1.82) is 0 Å². The van der Waals surface area contributed by atoms with Crippen molar-refractivity contribution in [2.45, 2.75) is 26.8 Å². The second-order valence-electron chi connectivity index (χ2n) is 4.67. The van der Waals surface area contributed by atoms with Crippen LogP contribution in [0.1, 0.15) is 25.8 Å². The molecule has 0 saturated heterocycles. The van der Waals surface area contributed by atoms with E-state index in [-0.39, 0.29) is 6.67 Å². The molecule has 102 valence electrons. The van der Waals surface area contributed by atoms with Crippen LogP contribution in [-0.4, -0.2) is 19.8 Å². The van der Waals surface area contributed by atoms with Crippen LogP contribution in [0.2, 0.25) is 0 Å². The van der Waals surface area contributed by atoms with Crippen molar-refractivity contribution >= 4 is 15.9 Å². The standard InChI is InChI=1S/C14H21BrFNO/c1-11(2)9-17-10-12-8-13(15)4-5-14(12)18-7-3-6-16/h4-5,8,11,17H,3,6-7,9-10H2,1-2H3. The van der Waals surface area contributed by atoms with E-state index >= 15 is 0 Å². The predicted molar refractivity (Wildman–Crippen MR) is 76.8 cm³/mol. The third-order valence-electron chi connectivity index (χ3n) is 2.43. The van der Waals surface area contributed by atoms with Gasteiger partial charge in [0.25, 0.3) is 0 Å². The molecular formula is C14H21BrFNO. The van der Waals surface area contributed by atoms with E-state index in [9.17, 15) is 4.39 Å². The zero-order valence-electron chi connectivity index (χ0n) is 11.0. The van der Waals surface area contributed by atoms with Crippen molar-refractivity contribution in [3.8, 4) is 5.75 Å². The van der Waals surface area contributed by atoms with Gasteiger partial charge in [0.1, 0.15) is 5.75 Å². The van der Waals surface area contributed by atoms with Crippen molar-refractivity contribution in [2.75, 3.05) is 19.8 Å². The van der Waals surface area contributed by atoms with Crippen molar-refractivity contribution in [2.24, 2.45) is 5.92 Å². The fraction of sp³-hybridized carbons (Fsp3) is 0.571. The first-order chi connectivity index (χ1) is 8.63. The summed E-state index contributed by atoms with van der Waals surface area (Å²) >= 11 is 3.46. The molecule has 0 radical (unpaired) electrons. The van der Waals surface area contributed by atoms with Gasteiger partial charge in [-0.2, -0.15) is 0 Å². The Bertz CT molecular complexity index is 358. The normalized spacial score (nSPS) is 10.9. The van der Waals surface area contributed by atoms with Crippen molar-refractivity contribution in [1.82, 2.24) is 5.32 Å². The molecule has 0 aliphatic carbocycles. The molecule has 2 nitrogen and oxygen atoms in total. The maximum absolute atomic E-state index is 12.1. The molecule has 0 unspecified atom stereocenters. The quantitative estimate of drug-likeness (QED) is 0.733. The van der Waals surface area contributed by atoms with E-state index in [4.69, 9.17) is 4.74 Å². The summed E-state index contributed by atoms with van der Waals surface area (Å²) < 4.78 is 18.7. The number of benzene rings is 1. The summed E-state index contributed by atoms with van der Waals surface area (Å²) in [5, 5.41) is 3.38. The molecule has 0 heterocycles. The van der Waals surface area contributed by atoms with Gasteiger partial charge in [0.05, 0.1) is 13.3 Å². The van der Waals surface area contributed by atoms with Gasteiger partial charge in [0.15, 0.2) is 0 Å². The maximum atomic E-state index is 12.1. The SMILES string of the molecule is CC(C)CNCc1cc(Br)ccc1OCCCF. The van der Waals surface area contributed by atoms with Gasteiger partial charge in [-0.05, 0) is 30.7 Å². The van der Waals surface area contributed by atoms with Gasteiger partial charge in [-0.25, -0.2) is 0 Å². The van der Waals surface area contributed by atoms with Gasteiger partial charge >= 0.3 is 0 Å². The fourth-order valence-corrected chi connectivity index (χ4v) is 1.97. The van der Waals surface area contributed by atoms with Gasteiger partial charge in [0, 0.05) is 23.0 Å². The molecule has 0 fully saturated rings. The Morgan fingerprint density at radius 2 is 2.17 bits per heavy atom. The third-order valence-corrected chi connectivity index (χ3v) is 2.92. The Hall–Kier alpha value is -0.610. The van der Waals surface area contributed by atoms with Crippen LogP contribution in [0.15, 0.2) is 22.7 Å². The smallest absolute Gasteiger partial charge is 0.123 e. The first kappa shape index (κ1) is 15.4. The highest BCUT2D eigenvalue weighted by atomic mass is 79.9. The molecule has 1 rings (SSSR count). The van der Waals surface area contributed by atoms with Gasteiger partial charge < -0.3 is 10.1 Å². The zero-order chi connectivity index (χ0) is 13.4. The summed E-state index contributed by atoms with van der Waals surface area (Å²) in [4.78, 5) is 0. The minimum atomic E-state index is -0.336. The molecule has 0 amide bonds. The number of hydrogen-bond donors (Lipinski definition) is 1. The molecule has 0 aliphatic heterocycles. The Labute approximate surface area is 117 Å². The van der Waals surface area contributed by atoms with E-state index in [1.165, 1.54) is 0 Å². The van der Waals surface area contributed by atoms with Crippen LogP contribution in [-0.2, 0) is 6.54 Å². The van der Waals surface area contributed by atoms with Crippen LogP contribution in [0.25, 0.3) is 0 Å². The summed E-state index contributed by atoms with van der Waals surface area (Å²) in [5.74, 6) is 1.45. The van der Waals surface area contributed by atoms with Crippen LogP contribution in [0.4, 0.5) is 4.39 Å². The summed E-state index contributed by atoms with van der Waals surface area (Å²) in [6, 6.07) is 5.91. The monoisotopic (exact) mass is 317 g/mol. The number of hydrogen-bond acceptors (Lipinski definition) is 2. The highest BCUT2D eigenvalue weighted by Gasteiger charge is 2.05. The molecule has 0 bridgehead atoms. The topological polar surface area (TPSA) is 21.3 Å². The Morgan fingerprint density at radius 1 is 1.39 bits per heavy atom. The Kier molecular flexibility index (Phi) is 7.28. The second-order valence-corrected chi connectivity index (χ2v) is 5.58. The van der Waals surface area contributed by atoms with E-state index in [0.29, 0.717) is 18.9 Å². The third kappa shape index (κ3) is 5.83. The number of alkyl halides is 1. The van der Waals surface area contributed by atoms with Gasteiger partial charge in [-0.3, -0.25) is 4.39 Å². The van der Waals surface area contributed by atoms with Gasteiger partial charge in [-0.1, -0.05) is 29.8 Å². The van der Waals surface area contributed by atoms with Crippen LogP contribution >= 0.6 is 15.9 Å². The minimum absolute atomic E-state index is 0.336. The summed E-state index contributed by atoms with van der Waals surface area (Å²) in [6.45, 7) is 6.17. The highest BCUT2D eigenvalue weighted by Crippen LogP contribution is 2.23. The molecule has 4 heteroatoms. The summed E-state index contributed by atoms with van der Waals surface area (Å²) in [7, 11) is 0. The number of nitrogens with one attached hydrogen (secondary N) is 1. The van der Waals surface area contributed by atoms with Crippen LogP contribution < -0.4 is 10.1 Å². The number of halogens is 2. The lowest BCUT2D eigenvalue weighted by molar-refractivity contribution is 0.286. The molecule has 18 heavy (non-hydrogen) atoms. The number of ether oxygens (including phenoxy) is 1. The Balaban J connectivity index is 2.58. The van der Waals surface area contributed by atoms with Crippen molar-refractivity contribution in [3.63, 3.8) is 0 Å². The largest absolute Gasteiger partial charge is 0.493 e. The average molecular weight is 318 g/mol. The first-order valence-electron chi connectivity index (χ1n) is 6.31. The minimum Gasteiger partial charge on any atom is -0.493 e. The van der Waals surface area contributed by atoms with E-state index in [0.717, 1.165) is 28.9 Å². The van der Waals surface area contributed by atoms with Crippen LogP contribution in [0, 0.1) is 5.92 Å². The summed E-state index contributed by atoms with van der Waals surface area (Å²) in [5.41, 5.74) is 1.10. The van der Waals surface area contributed by atoms with E-state index in [2.05, 4.69) is 35.1 Å². The van der Waals surface area contributed by atoms with E-state index in [1.807, 2.05) is 18.2 Å². The zero-order valence-corrected chi connectivity index (χ0v) is 12.6. The molecular weight excluding hydrogens is 297 g/mol. The van der Waals surface area contributed by atoms with Crippen molar-refractivity contribution < 1.29 is 9.13 Å². The molecule has 1 N–H and O–H groups in total. The van der Waals surface area contributed by atoms with E-state index in [1.54, 1.807) is 0 Å². The number of rotatable bonds is 8. The van der Waals surface area contributed by atoms with Gasteiger partial charge in [-0.15, -0.1) is 0 Å². The molecule has 0 spiro atoms. The highest BCUT2D eigenvalue weighted by molar-refractivity contribution is 9.10. The second kappa shape index (κ2) is 8.48. The van der Waals surface area contributed by atoms with Crippen LogP contribution in [0.3, 0.4) is 0 Å². The molecule has 0 saturated carbocycles. The summed E-state index contributed by atoms with van der Waals surface area (Å²) in [6.07, 6.45) is 0.439. The predicted octanol–water partition coefficient (Wildman–Crippen LogP) is 3.93. The molecule has 1 aromatic rings. The van der Waals surface area contributed by atoms with Crippen LogP contribution in [0.5, 0.6) is 5.75 Å².